The van der Waals surface area contributed by atoms with Gasteiger partial charge in [-0.2, -0.15) is 0 Å². The van der Waals surface area contributed by atoms with Gasteiger partial charge in [0.15, 0.2) is 5.76 Å². The first-order chi connectivity index (χ1) is 10.5. The van der Waals surface area contributed by atoms with Gasteiger partial charge < -0.3 is 9.32 Å². The summed E-state index contributed by atoms with van der Waals surface area (Å²) in [6.07, 6.45) is 1.80. The van der Waals surface area contributed by atoms with E-state index in [0.717, 1.165) is 27.0 Å². The Labute approximate surface area is 133 Å². The number of furan rings is 1. The molecule has 3 rings (SSSR count). The number of fused-ring (bicyclic) bond motifs is 1. The minimum atomic E-state index is -0.104. The summed E-state index contributed by atoms with van der Waals surface area (Å²) in [4.78, 5) is 19.6. The van der Waals surface area contributed by atoms with Crippen molar-refractivity contribution in [1.29, 1.82) is 0 Å². The van der Waals surface area contributed by atoms with Gasteiger partial charge in [-0.25, -0.2) is 0 Å². The Hall–Kier alpha value is -2.14. The molecule has 0 unspecified atom stereocenters. The molecule has 0 saturated heterocycles. The Morgan fingerprint density at radius 3 is 2.82 bits per heavy atom. The number of hydrogen-bond donors (Lipinski definition) is 0. The number of carbonyl (C=O) groups excluding carboxylic acids is 1. The van der Waals surface area contributed by atoms with Crippen LogP contribution in [-0.2, 0) is 0 Å². The van der Waals surface area contributed by atoms with Crippen molar-refractivity contribution in [3.8, 4) is 0 Å². The largest absolute Gasteiger partial charge is 0.451 e. The van der Waals surface area contributed by atoms with E-state index >= 15 is 0 Å². The Morgan fingerprint density at radius 1 is 1.36 bits per heavy atom. The standard InChI is InChI=1S/C17H18N2O2S/c1-10-5-6-13-11(2)16(21-14(13)7-10)17(20)19(4)12(3)15-8-18-9-22-15/h5-9,12H,1-4H3/t12-/m1/s1. The fraction of sp³-hybridized carbons (Fsp3) is 0.294. The fourth-order valence-corrected chi connectivity index (χ4v) is 3.22. The van der Waals surface area contributed by atoms with Crippen molar-refractivity contribution in [3.63, 3.8) is 0 Å². The summed E-state index contributed by atoms with van der Waals surface area (Å²) in [5.41, 5.74) is 4.55. The highest BCUT2D eigenvalue weighted by Crippen LogP contribution is 2.29. The Balaban J connectivity index is 1.96. The van der Waals surface area contributed by atoms with Crippen molar-refractivity contribution < 1.29 is 9.21 Å². The van der Waals surface area contributed by atoms with Crippen LogP contribution in [0, 0.1) is 13.8 Å². The molecule has 0 N–H and O–H groups in total. The predicted octanol–water partition coefficient (Wildman–Crippen LogP) is 4.34. The summed E-state index contributed by atoms with van der Waals surface area (Å²) < 4.78 is 5.83. The van der Waals surface area contributed by atoms with E-state index in [9.17, 15) is 4.79 Å². The SMILES string of the molecule is Cc1ccc2c(C)c(C(=O)N(C)[C@H](C)c3cncs3)oc2c1. The van der Waals surface area contributed by atoms with E-state index in [4.69, 9.17) is 4.42 Å². The molecule has 4 nitrogen and oxygen atoms in total. The molecule has 0 saturated carbocycles. The molecule has 1 aromatic carbocycles. The van der Waals surface area contributed by atoms with Crippen LogP contribution in [0.25, 0.3) is 11.0 Å². The van der Waals surface area contributed by atoms with Crippen LogP contribution >= 0.6 is 11.3 Å². The van der Waals surface area contributed by atoms with E-state index in [2.05, 4.69) is 4.98 Å². The summed E-state index contributed by atoms with van der Waals surface area (Å²) in [5, 5.41) is 0.993. The highest BCUT2D eigenvalue weighted by Gasteiger charge is 2.25. The molecule has 1 amide bonds. The summed E-state index contributed by atoms with van der Waals surface area (Å²) in [6, 6.07) is 5.97. The molecule has 0 aliphatic rings. The van der Waals surface area contributed by atoms with E-state index < -0.39 is 0 Å². The zero-order valence-corrected chi connectivity index (χ0v) is 13.9. The number of benzene rings is 1. The van der Waals surface area contributed by atoms with E-state index in [1.165, 1.54) is 0 Å². The monoisotopic (exact) mass is 314 g/mol. The van der Waals surface area contributed by atoms with Gasteiger partial charge in [0.05, 0.1) is 11.6 Å². The lowest BCUT2D eigenvalue weighted by atomic mass is 10.1. The van der Waals surface area contributed by atoms with E-state index in [0.29, 0.717) is 5.76 Å². The van der Waals surface area contributed by atoms with Crippen LogP contribution in [0.15, 0.2) is 34.3 Å². The van der Waals surface area contributed by atoms with Crippen LogP contribution in [0.2, 0.25) is 0 Å². The Bertz CT molecular complexity index is 821. The average molecular weight is 314 g/mol. The van der Waals surface area contributed by atoms with Crippen LogP contribution in [0.3, 0.4) is 0 Å². The summed E-state index contributed by atoms with van der Waals surface area (Å²) >= 11 is 1.55. The molecule has 0 aliphatic heterocycles. The van der Waals surface area contributed by atoms with Gasteiger partial charge in [0, 0.05) is 29.1 Å². The van der Waals surface area contributed by atoms with Crippen LogP contribution in [-0.4, -0.2) is 22.8 Å². The van der Waals surface area contributed by atoms with Gasteiger partial charge in [-0.1, -0.05) is 12.1 Å². The van der Waals surface area contributed by atoms with E-state index in [1.54, 1.807) is 35.0 Å². The second-order valence-corrected chi connectivity index (χ2v) is 6.47. The van der Waals surface area contributed by atoms with Crippen LogP contribution in [0.4, 0.5) is 0 Å². The Kier molecular flexibility index (Phi) is 3.74. The zero-order valence-electron chi connectivity index (χ0n) is 13.1. The third-order valence-electron chi connectivity index (χ3n) is 4.05. The fourth-order valence-electron chi connectivity index (χ4n) is 2.50. The van der Waals surface area contributed by atoms with Crippen molar-refractivity contribution in [2.75, 3.05) is 7.05 Å². The van der Waals surface area contributed by atoms with Crippen molar-refractivity contribution in [1.82, 2.24) is 9.88 Å². The van der Waals surface area contributed by atoms with Crippen molar-refractivity contribution >= 4 is 28.2 Å². The molecule has 2 aromatic heterocycles. The molecule has 2 heterocycles. The molecule has 0 fully saturated rings. The highest BCUT2D eigenvalue weighted by molar-refractivity contribution is 7.09. The van der Waals surface area contributed by atoms with E-state index in [1.807, 2.05) is 39.0 Å². The van der Waals surface area contributed by atoms with Gasteiger partial charge in [0.2, 0.25) is 0 Å². The van der Waals surface area contributed by atoms with Crippen LogP contribution in [0.1, 0.15) is 39.5 Å². The minimum Gasteiger partial charge on any atom is -0.451 e. The van der Waals surface area contributed by atoms with Gasteiger partial charge in [0.1, 0.15) is 5.58 Å². The predicted molar refractivity (Wildman–Crippen MR) is 88.3 cm³/mol. The number of aryl methyl sites for hydroxylation is 2. The molecule has 0 aliphatic carbocycles. The number of amides is 1. The van der Waals surface area contributed by atoms with Gasteiger partial charge in [-0.3, -0.25) is 9.78 Å². The first kappa shape index (κ1) is 14.8. The molecule has 1 atom stereocenters. The number of aromatic nitrogens is 1. The third-order valence-corrected chi connectivity index (χ3v) is 5.00. The van der Waals surface area contributed by atoms with Crippen LogP contribution in [0.5, 0.6) is 0 Å². The van der Waals surface area contributed by atoms with Crippen molar-refractivity contribution in [3.05, 3.63) is 51.7 Å². The average Bonchev–Trinajstić information content (AvgIpc) is 3.13. The molecular formula is C17H18N2O2S. The quantitative estimate of drug-likeness (QED) is 0.722. The molecule has 0 spiro atoms. The Morgan fingerprint density at radius 2 is 2.14 bits per heavy atom. The number of carbonyl (C=O) groups is 1. The number of rotatable bonds is 3. The molecule has 22 heavy (non-hydrogen) atoms. The number of nitrogens with zero attached hydrogens (tertiary/aromatic N) is 2. The second kappa shape index (κ2) is 5.57. The lowest BCUT2D eigenvalue weighted by molar-refractivity contribution is 0.0714. The van der Waals surface area contributed by atoms with Crippen molar-refractivity contribution in [2.24, 2.45) is 0 Å². The minimum absolute atomic E-state index is 0.0330. The maximum Gasteiger partial charge on any atom is 0.290 e. The smallest absolute Gasteiger partial charge is 0.290 e. The highest BCUT2D eigenvalue weighted by atomic mass is 32.1. The number of hydrogen-bond acceptors (Lipinski definition) is 4. The maximum absolute atomic E-state index is 12.8. The summed E-state index contributed by atoms with van der Waals surface area (Å²) in [6.45, 7) is 5.93. The lowest BCUT2D eigenvalue weighted by Crippen LogP contribution is -2.29. The van der Waals surface area contributed by atoms with E-state index in [-0.39, 0.29) is 11.9 Å². The second-order valence-electron chi connectivity index (χ2n) is 5.55. The molecule has 5 heteroatoms. The third kappa shape index (κ3) is 2.41. The molecule has 114 valence electrons. The number of thiazole rings is 1. The van der Waals surface area contributed by atoms with Gasteiger partial charge in [-0.15, -0.1) is 11.3 Å². The topological polar surface area (TPSA) is 46.3 Å². The van der Waals surface area contributed by atoms with Gasteiger partial charge >= 0.3 is 0 Å². The molecule has 3 aromatic rings. The zero-order chi connectivity index (χ0) is 15.9. The summed E-state index contributed by atoms with van der Waals surface area (Å²) in [7, 11) is 1.80. The van der Waals surface area contributed by atoms with Gasteiger partial charge in [-0.05, 0) is 32.4 Å². The molecular weight excluding hydrogens is 296 g/mol. The first-order valence-electron chi connectivity index (χ1n) is 7.14. The lowest BCUT2D eigenvalue weighted by Gasteiger charge is -2.22. The summed E-state index contributed by atoms with van der Waals surface area (Å²) in [5.74, 6) is 0.312. The van der Waals surface area contributed by atoms with Crippen molar-refractivity contribution in [2.45, 2.75) is 26.8 Å². The molecule has 0 radical (unpaired) electrons. The van der Waals surface area contributed by atoms with Gasteiger partial charge in [0.25, 0.3) is 5.91 Å². The molecule has 0 bridgehead atoms. The first-order valence-corrected chi connectivity index (χ1v) is 8.02. The maximum atomic E-state index is 12.8. The van der Waals surface area contributed by atoms with Crippen LogP contribution < -0.4 is 0 Å². The normalized spacial score (nSPS) is 12.5.